The molecule has 100 valence electrons. The molecule has 0 radical (unpaired) electrons. The Balaban J connectivity index is 1.67. The van der Waals surface area contributed by atoms with Gasteiger partial charge >= 0.3 is 0 Å². The Labute approximate surface area is 110 Å². The predicted molar refractivity (Wildman–Crippen MR) is 72.5 cm³/mol. The van der Waals surface area contributed by atoms with Crippen molar-refractivity contribution in [3.63, 3.8) is 0 Å². The lowest BCUT2D eigenvalue weighted by molar-refractivity contribution is 0.191. The van der Waals surface area contributed by atoms with Crippen LogP contribution in [0.1, 0.15) is 43.6 Å². The Morgan fingerprint density at radius 2 is 2.11 bits per heavy atom. The molecule has 18 heavy (non-hydrogen) atoms. The van der Waals surface area contributed by atoms with E-state index in [1.54, 1.807) is 0 Å². The van der Waals surface area contributed by atoms with Crippen LogP contribution in [0, 0.1) is 6.92 Å². The Morgan fingerprint density at radius 3 is 2.83 bits per heavy atom. The van der Waals surface area contributed by atoms with E-state index in [1.165, 1.54) is 51.7 Å². The van der Waals surface area contributed by atoms with Gasteiger partial charge < -0.3 is 9.73 Å². The SMILES string of the molecule is Cc1ccc(CN2CCCNC3(CCCC3)C2)o1. The maximum absolute atomic E-state index is 5.72. The molecule has 2 fully saturated rings. The van der Waals surface area contributed by atoms with E-state index in [-0.39, 0.29) is 0 Å². The molecule has 0 unspecified atom stereocenters. The number of hydrogen-bond donors (Lipinski definition) is 1. The van der Waals surface area contributed by atoms with Gasteiger partial charge in [-0.25, -0.2) is 0 Å². The molecule has 3 heteroatoms. The number of rotatable bonds is 2. The monoisotopic (exact) mass is 248 g/mol. The molecule has 2 aliphatic rings. The lowest BCUT2D eigenvalue weighted by atomic mass is 9.97. The first-order valence-corrected chi connectivity index (χ1v) is 7.29. The van der Waals surface area contributed by atoms with E-state index in [0.29, 0.717) is 5.54 Å². The van der Waals surface area contributed by atoms with Crippen molar-refractivity contribution >= 4 is 0 Å². The van der Waals surface area contributed by atoms with Gasteiger partial charge in [0.25, 0.3) is 0 Å². The average molecular weight is 248 g/mol. The zero-order chi connectivity index (χ0) is 12.4. The molecule has 1 saturated heterocycles. The second-order valence-electron chi connectivity index (χ2n) is 5.99. The van der Waals surface area contributed by atoms with Crippen LogP contribution in [0.3, 0.4) is 0 Å². The smallest absolute Gasteiger partial charge is 0.118 e. The van der Waals surface area contributed by atoms with E-state index < -0.39 is 0 Å². The molecule has 3 nitrogen and oxygen atoms in total. The van der Waals surface area contributed by atoms with Crippen LogP contribution in [0.25, 0.3) is 0 Å². The summed E-state index contributed by atoms with van der Waals surface area (Å²) in [5.74, 6) is 2.14. The summed E-state index contributed by atoms with van der Waals surface area (Å²) in [5.41, 5.74) is 0.401. The zero-order valence-electron chi connectivity index (χ0n) is 11.4. The first-order valence-electron chi connectivity index (χ1n) is 7.29. The first-order chi connectivity index (χ1) is 8.76. The fourth-order valence-corrected chi connectivity index (χ4v) is 3.53. The van der Waals surface area contributed by atoms with Gasteiger partial charge in [0.05, 0.1) is 6.54 Å². The fourth-order valence-electron chi connectivity index (χ4n) is 3.53. The number of nitrogens with zero attached hydrogens (tertiary/aromatic N) is 1. The van der Waals surface area contributed by atoms with Gasteiger partial charge in [0, 0.05) is 12.1 Å². The molecule has 1 aromatic rings. The molecule has 0 aromatic carbocycles. The van der Waals surface area contributed by atoms with Gasteiger partial charge in [-0.15, -0.1) is 0 Å². The lowest BCUT2D eigenvalue weighted by Crippen LogP contribution is -2.49. The normalized spacial score (nSPS) is 24.5. The maximum Gasteiger partial charge on any atom is 0.118 e. The molecular weight excluding hydrogens is 224 g/mol. The highest BCUT2D eigenvalue weighted by atomic mass is 16.3. The summed E-state index contributed by atoms with van der Waals surface area (Å²) < 4.78 is 5.72. The van der Waals surface area contributed by atoms with E-state index in [1.807, 2.05) is 6.92 Å². The van der Waals surface area contributed by atoms with Gasteiger partial charge in [-0.1, -0.05) is 12.8 Å². The highest BCUT2D eigenvalue weighted by Gasteiger charge is 2.36. The molecule has 3 rings (SSSR count). The van der Waals surface area contributed by atoms with Crippen molar-refractivity contribution in [3.8, 4) is 0 Å². The van der Waals surface area contributed by atoms with E-state index >= 15 is 0 Å². The van der Waals surface area contributed by atoms with Crippen molar-refractivity contribution < 1.29 is 4.42 Å². The summed E-state index contributed by atoms with van der Waals surface area (Å²) in [6, 6.07) is 4.19. The summed E-state index contributed by atoms with van der Waals surface area (Å²) in [7, 11) is 0. The van der Waals surface area contributed by atoms with Crippen molar-refractivity contribution in [1.29, 1.82) is 0 Å². The van der Waals surface area contributed by atoms with Crippen LogP contribution < -0.4 is 5.32 Å². The highest BCUT2D eigenvalue weighted by Crippen LogP contribution is 2.32. The van der Waals surface area contributed by atoms with Crippen LogP contribution in [-0.2, 0) is 6.54 Å². The second kappa shape index (κ2) is 5.06. The van der Waals surface area contributed by atoms with Crippen molar-refractivity contribution in [2.24, 2.45) is 0 Å². The Bertz CT molecular complexity index is 393. The third kappa shape index (κ3) is 2.62. The van der Waals surface area contributed by atoms with Crippen LogP contribution in [0.2, 0.25) is 0 Å². The summed E-state index contributed by atoms with van der Waals surface area (Å²) >= 11 is 0. The third-order valence-electron chi connectivity index (χ3n) is 4.41. The van der Waals surface area contributed by atoms with E-state index in [0.717, 1.165) is 18.1 Å². The van der Waals surface area contributed by atoms with Crippen molar-refractivity contribution in [1.82, 2.24) is 10.2 Å². The topological polar surface area (TPSA) is 28.4 Å². The quantitative estimate of drug-likeness (QED) is 0.872. The van der Waals surface area contributed by atoms with E-state index in [2.05, 4.69) is 22.3 Å². The van der Waals surface area contributed by atoms with Gasteiger partial charge in [0.2, 0.25) is 0 Å². The number of furan rings is 1. The molecule has 1 N–H and O–H groups in total. The maximum atomic E-state index is 5.72. The van der Waals surface area contributed by atoms with Crippen LogP contribution in [0.15, 0.2) is 16.5 Å². The highest BCUT2D eigenvalue weighted by molar-refractivity contribution is 5.06. The third-order valence-corrected chi connectivity index (χ3v) is 4.41. The van der Waals surface area contributed by atoms with Gasteiger partial charge in [-0.2, -0.15) is 0 Å². The average Bonchev–Trinajstić information content (AvgIpc) is 2.89. The molecule has 1 aliphatic carbocycles. The molecule has 1 aromatic heterocycles. The number of aryl methyl sites for hydroxylation is 1. The molecule has 1 spiro atoms. The Morgan fingerprint density at radius 1 is 1.28 bits per heavy atom. The molecule has 2 heterocycles. The first kappa shape index (κ1) is 12.2. The Kier molecular flexibility index (Phi) is 3.44. The molecule has 0 amide bonds. The van der Waals surface area contributed by atoms with Crippen LogP contribution >= 0.6 is 0 Å². The fraction of sp³-hybridized carbons (Fsp3) is 0.733. The standard InChI is InChI=1S/C15H24N2O/c1-13-5-6-14(18-13)11-17-10-4-9-16-15(12-17)7-2-3-8-15/h5-6,16H,2-4,7-12H2,1H3. The Hall–Kier alpha value is -0.800. The van der Waals surface area contributed by atoms with Crippen LogP contribution in [0.5, 0.6) is 0 Å². The molecule has 0 bridgehead atoms. The molecule has 0 atom stereocenters. The zero-order valence-corrected chi connectivity index (χ0v) is 11.4. The van der Waals surface area contributed by atoms with Gasteiger partial charge in [-0.3, -0.25) is 4.90 Å². The minimum Gasteiger partial charge on any atom is -0.465 e. The van der Waals surface area contributed by atoms with Crippen molar-refractivity contribution in [3.05, 3.63) is 23.7 Å². The van der Waals surface area contributed by atoms with E-state index in [9.17, 15) is 0 Å². The van der Waals surface area contributed by atoms with Gasteiger partial charge in [-0.05, 0) is 51.4 Å². The number of hydrogen-bond acceptors (Lipinski definition) is 3. The van der Waals surface area contributed by atoms with Crippen molar-refractivity contribution in [2.45, 2.75) is 51.1 Å². The van der Waals surface area contributed by atoms with Gasteiger partial charge in [0.15, 0.2) is 0 Å². The van der Waals surface area contributed by atoms with Crippen LogP contribution in [0.4, 0.5) is 0 Å². The second-order valence-corrected chi connectivity index (χ2v) is 5.99. The van der Waals surface area contributed by atoms with E-state index in [4.69, 9.17) is 4.42 Å². The summed E-state index contributed by atoms with van der Waals surface area (Å²) in [6.07, 6.45) is 6.73. The summed E-state index contributed by atoms with van der Waals surface area (Å²) in [6.45, 7) is 6.54. The molecular formula is C15H24N2O. The molecule has 1 saturated carbocycles. The van der Waals surface area contributed by atoms with Gasteiger partial charge in [0.1, 0.15) is 11.5 Å². The largest absolute Gasteiger partial charge is 0.465 e. The van der Waals surface area contributed by atoms with Crippen LogP contribution in [-0.4, -0.2) is 30.1 Å². The minimum absolute atomic E-state index is 0.401. The predicted octanol–water partition coefficient (Wildman–Crippen LogP) is 2.70. The number of nitrogens with one attached hydrogen (secondary N) is 1. The molecule has 1 aliphatic heterocycles. The summed E-state index contributed by atoms with van der Waals surface area (Å²) in [5, 5.41) is 3.81. The lowest BCUT2D eigenvalue weighted by Gasteiger charge is -2.33. The minimum atomic E-state index is 0.401. The van der Waals surface area contributed by atoms with Crippen molar-refractivity contribution in [2.75, 3.05) is 19.6 Å². The summed E-state index contributed by atoms with van der Waals surface area (Å²) in [4.78, 5) is 2.57.